The third-order valence-corrected chi connectivity index (χ3v) is 4.22. The number of rotatable bonds is 6. The molecule has 10 heteroatoms. The Morgan fingerprint density at radius 1 is 1.46 bits per heavy atom. The van der Waals surface area contributed by atoms with Gasteiger partial charge in [0.15, 0.2) is 17.3 Å². The molecule has 1 saturated heterocycles. The highest BCUT2D eigenvalue weighted by molar-refractivity contribution is 5.91. The molecule has 4 rings (SSSR count). The summed E-state index contributed by atoms with van der Waals surface area (Å²) in [5, 5.41) is 17.9. The molecular formula is C16H19N7O3. The smallest absolute Gasteiger partial charge is 0.293 e. The molecule has 26 heavy (non-hydrogen) atoms. The molecule has 1 atom stereocenters. The highest BCUT2D eigenvalue weighted by Gasteiger charge is 2.17. The van der Waals surface area contributed by atoms with Gasteiger partial charge in [-0.05, 0) is 44.0 Å². The number of carbonyl (C=O) groups is 1. The van der Waals surface area contributed by atoms with E-state index in [1.54, 1.807) is 23.0 Å². The number of hydrogen-bond acceptors (Lipinski definition) is 8. The lowest BCUT2D eigenvalue weighted by molar-refractivity contribution is 0.0944. The van der Waals surface area contributed by atoms with Crippen LogP contribution in [0.1, 0.15) is 29.2 Å². The Morgan fingerprint density at radius 3 is 3.23 bits per heavy atom. The first-order valence-corrected chi connectivity index (χ1v) is 8.53. The molecule has 0 unspecified atom stereocenters. The molecular weight excluding hydrogens is 338 g/mol. The lowest BCUT2D eigenvalue weighted by Gasteiger charge is -2.22. The molecule has 0 aromatic carbocycles. The summed E-state index contributed by atoms with van der Waals surface area (Å²) in [5.41, 5.74) is 0.267. The van der Waals surface area contributed by atoms with Crippen molar-refractivity contribution in [2.24, 2.45) is 5.92 Å². The van der Waals surface area contributed by atoms with E-state index in [9.17, 15) is 4.79 Å². The summed E-state index contributed by atoms with van der Waals surface area (Å²) >= 11 is 0. The van der Waals surface area contributed by atoms with Crippen molar-refractivity contribution in [2.75, 3.05) is 13.1 Å². The highest BCUT2D eigenvalue weighted by Crippen LogP contribution is 2.17. The number of piperidine rings is 1. The fraction of sp³-hybridized carbons (Fsp3) is 0.438. The molecule has 0 aliphatic carbocycles. The van der Waals surface area contributed by atoms with E-state index in [-0.39, 0.29) is 24.0 Å². The maximum atomic E-state index is 12.2. The average Bonchev–Trinajstić information content (AvgIpc) is 3.41. The Morgan fingerprint density at radius 2 is 2.42 bits per heavy atom. The van der Waals surface area contributed by atoms with Crippen LogP contribution in [0.25, 0.3) is 11.7 Å². The molecule has 1 fully saturated rings. The van der Waals surface area contributed by atoms with E-state index in [1.165, 1.54) is 6.26 Å². The molecule has 0 saturated carbocycles. The molecule has 3 aromatic heterocycles. The molecule has 2 N–H and O–H groups in total. The van der Waals surface area contributed by atoms with Crippen molar-refractivity contribution in [1.82, 2.24) is 35.8 Å². The molecule has 10 nitrogen and oxygen atoms in total. The Hall–Kier alpha value is -3.01. The summed E-state index contributed by atoms with van der Waals surface area (Å²) in [6.07, 6.45) is 5.50. The van der Waals surface area contributed by atoms with E-state index < -0.39 is 0 Å². The zero-order valence-corrected chi connectivity index (χ0v) is 14.1. The molecule has 0 bridgehead atoms. The summed E-state index contributed by atoms with van der Waals surface area (Å²) in [7, 11) is 0. The largest absolute Gasteiger partial charge is 0.459 e. The van der Waals surface area contributed by atoms with Gasteiger partial charge in [-0.1, -0.05) is 10.4 Å². The van der Waals surface area contributed by atoms with Crippen molar-refractivity contribution in [3.05, 3.63) is 36.1 Å². The minimum Gasteiger partial charge on any atom is -0.459 e. The van der Waals surface area contributed by atoms with Crippen molar-refractivity contribution >= 4 is 5.91 Å². The van der Waals surface area contributed by atoms with Gasteiger partial charge in [0, 0.05) is 6.54 Å². The van der Waals surface area contributed by atoms with Gasteiger partial charge in [0.05, 0.1) is 19.0 Å². The summed E-state index contributed by atoms with van der Waals surface area (Å²) < 4.78 is 12.0. The average molecular weight is 357 g/mol. The van der Waals surface area contributed by atoms with Gasteiger partial charge in [0.25, 0.3) is 11.8 Å². The van der Waals surface area contributed by atoms with Crippen LogP contribution in [0.3, 0.4) is 0 Å². The van der Waals surface area contributed by atoms with Crippen molar-refractivity contribution in [3.63, 3.8) is 0 Å². The molecule has 1 aliphatic rings. The van der Waals surface area contributed by atoms with Crippen LogP contribution in [0.4, 0.5) is 0 Å². The summed E-state index contributed by atoms with van der Waals surface area (Å²) in [5.74, 6) is 1.29. The standard InChI is InChI=1S/C16H19N7O3/c24-15(12-10-23(22-20-12)9-11-3-1-5-17-7-11)18-8-14-19-16(26-21-14)13-4-2-6-25-13/h2,4,6,10-11,17H,1,3,5,7-9H2,(H,18,24)/t11-/m0/s1. The minimum atomic E-state index is -0.331. The maximum Gasteiger partial charge on any atom is 0.293 e. The second-order valence-electron chi connectivity index (χ2n) is 6.21. The number of nitrogens with zero attached hydrogens (tertiary/aromatic N) is 5. The van der Waals surface area contributed by atoms with Crippen LogP contribution in [0.5, 0.6) is 0 Å². The number of nitrogens with one attached hydrogen (secondary N) is 2. The highest BCUT2D eigenvalue weighted by atomic mass is 16.5. The molecule has 1 aliphatic heterocycles. The first-order valence-electron chi connectivity index (χ1n) is 8.53. The van der Waals surface area contributed by atoms with E-state index in [0.29, 0.717) is 17.5 Å². The predicted molar refractivity (Wildman–Crippen MR) is 88.8 cm³/mol. The van der Waals surface area contributed by atoms with E-state index in [0.717, 1.165) is 32.5 Å². The van der Waals surface area contributed by atoms with Gasteiger partial charge in [-0.15, -0.1) is 5.10 Å². The quantitative estimate of drug-likeness (QED) is 0.665. The van der Waals surface area contributed by atoms with E-state index in [4.69, 9.17) is 8.94 Å². The lowest BCUT2D eigenvalue weighted by atomic mass is 10.00. The Balaban J connectivity index is 1.31. The van der Waals surface area contributed by atoms with Crippen LogP contribution in [0.2, 0.25) is 0 Å². The van der Waals surface area contributed by atoms with Crippen molar-refractivity contribution in [3.8, 4) is 11.7 Å². The van der Waals surface area contributed by atoms with Crippen molar-refractivity contribution in [1.29, 1.82) is 0 Å². The second kappa shape index (κ2) is 7.48. The van der Waals surface area contributed by atoms with Gasteiger partial charge >= 0.3 is 0 Å². The number of aromatic nitrogens is 5. The van der Waals surface area contributed by atoms with Gasteiger partial charge in [0.2, 0.25) is 0 Å². The summed E-state index contributed by atoms with van der Waals surface area (Å²) in [6, 6.07) is 3.45. The number of furan rings is 1. The van der Waals surface area contributed by atoms with E-state index >= 15 is 0 Å². The SMILES string of the molecule is O=C(NCc1noc(-c2ccco2)n1)c1cn(C[C@H]2CCCNC2)nn1. The van der Waals surface area contributed by atoms with Crippen LogP contribution in [0.15, 0.2) is 33.5 Å². The van der Waals surface area contributed by atoms with Crippen LogP contribution >= 0.6 is 0 Å². The van der Waals surface area contributed by atoms with Crippen molar-refractivity contribution in [2.45, 2.75) is 25.9 Å². The summed E-state index contributed by atoms with van der Waals surface area (Å²) in [4.78, 5) is 16.4. The van der Waals surface area contributed by atoms with Crippen molar-refractivity contribution < 1.29 is 13.7 Å². The van der Waals surface area contributed by atoms with Gasteiger partial charge in [-0.3, -0.25) is 9.48 Å². The lowest BCUT2D eigenvalue weighted by Crippen LogP contribution is -2.32. The van der Waals surface area contributed by atoms with Crippen LogP contribution in [-0.2, 0) is 13.1 Å². The second-order valence-corrected chi connectivity index (χ2v) is 6.21. The van der Waals surface area contributed by atoms with Gasteiger partial charge in [0.1, 0.15) is 0 Å². The van der Waals surface area contributed by atoms with Crippen LogP contribution in [0, 0.1) is 5.92 Å². The molecule has 1 amide bonds. The number of amides is 1. The van der Waals surface area contributed by atoms with Crippen LogP contribution < -0.4 is 10.6 Å². The zero-order valence-electron chi connectivity index (χ0n) is 14.1. The normalized spacial score (nSPS) is 17.3. The molecule has 136 valence electrons. The monoisotopic (exact) mass is 357 g/mol. The first kappa shape index (κ1) is 16.5. The molecule has 0 radical (unpaired) electrons. The third-order valence-electron chi connectivity index (χ3n) is 4.22. The fourth-order valence-electron chi connectivity index (χ4n) is 2.91. The topological polar surface area (TPSA) is 124 Å². The van der Waals surface area contributed by atoms with E-state index in [1.807, 2.05) is 0 Å². The number of hydrogen-bond donors (Lipinski definition) is 2. The van der Waals surface area contributed by atoms with Gasteiger partial charge < -0.3 is 19.6 Å². The summed E-state index contributed by atoms with van der Waals surface area (Å²) in [6.45, 7) is 2.92. The molecule has 4 heterocycles. The zero-order chi connectivity index (χ0) is 17.8. The Bertz CT molecular complexity index is 849. The van der Waals surface area contributed by atoms with E-state index in [2.05, 4.69) is 31.1 Å². The van der Waals surface area contributed by atoms with Gasteiger partial charge in [-0.2, -0.15) is 4.98 Å². The van der Waals surface area contributed by atoms with Crippen LogP contribution in [-0.4, -0.2) is 44.1 Å². The fourth-order valence-corrected chi connectivity index (χ4v) is 2.91. The molecule has 3 aromatic rings. The Kier molecular flexibility index (Phi) is 4.73. The minimum absolute atomic E-state index is 0.127. The maximum absolute atomic E-state index is 12.2. The predicted octanol–water partition coefficient (Wildman–Crippen LogP) is 0.851. The van der Waals surface area contributed by atoms with Gasteiger partial charge in [-0.25, -0.2) is 0 Å². The number of carbonyl (C=O) groups excluding carboxylic acids is 1. The molecule has 0 spiro atoms. The first-order chi connectivity index (χ1) is 12.8. The Labute approximate surface area is 148 Å². The third kappa shape index (κ3) is 3.80.